The van der Waals surface area contributed by atoms with Gasteiger partial charge in [0, 0.05) is 23.6 Å². The highest BCUT2D eigenvalue weighted by molar-refractivity contribution is 5.90. The zero-order chi connectivity index (χ0) is 21.4. The molecule has 0 fully saturated rings. The predicted molar refractivity (Wildman–Crippen MR) is 124 cm³/mol. The van der Waals surface area contributed by atoms with Crippen LogP contribution in [0.4, 0.5) is 0 Å². The van der Waals surface area contributed by atoms with E-state index < -0.39 is 0 Å². The van der Waals surface area contributed by atoms with Crippen molar-refractivity contribution in [1.82, 2.24) is 4.57 Å². The van der Waals surface area contributed by atoms with E-state index in [0.717, 1.165) is 44.5 Å². The van der Waals surface area contributed by atoms with Crippen molar-refractivity contribution in [3.05, 3.63) is 98.8 Å². The van der Waals surface area contributed by atoms with Gasteiger partial charge in [-0.05, 0) is 68.0 Å². The van der Waals surface area contributed by atoms with Crippen LogP contribution in [0.5, 0.6) is 5.75 Å². The summed E-state index contributed by atoms with van der Waals surface area (Å²) in [5.74, 6) is 0.845. The lowest BCUT2D eigenvalue weighted by atomic mass is 9.96. The first-order chi connectivity index (χ1) is 14.3. The lowest BCUT2D eigenvalue weighted by Gasteiger charge is -2.20. The topological polar surface area (TPSA) is 31.2 Å². The SMILES string of the molecule is Cc1cc(C)cc(OCc2c(-c3ccccc3C)n(C)c(=O)c3ccc(C)cc23)c1. The first-order valence-corrected chi connectivity index (χ1v) is 10.2. The lowest BCUT2D eigenvalue weighted by Crippen LogP contribution is -2.22. The number of ether oxygens (including phenoxy) is 1. The van der Waals surface area contributed by atoms with Gasteiger partial charge in [0.15, 0.2) is 0 Å². The Morgan fingerprint density at radius 1 is 0.800 bits per heavy atom. The number of hydrogen-bond donors (Lipinski definition) is 0. The van der Waals surface area contributed by atoms with Crippen LogP contribution in [-0.4, -0.2) is 4.57 Å². The van der Waals surface area contributed by atoms with Gasteiger partial charge in [-0.1, -0.05) is 48.0 Å². The minimum atomic E-state index is 0.0124. The molecular formula is C27H27NO2. The number of hydrogen-bond acceptors (Lipinski definition) is 2. The van der Waals surface area contributed by atoms with Gasteiger partial charge in [0.05, 0.1) is 5.69 Å². The second kappa shape index (κ2) is 7.83. The van der Waals surface area contributed by atoms with Gasteiger partial charge in [0.1, 0.15) is 12.4 Å². The molecule has 0 aliphatic carbocycles. The molecule has 0 saturated carbocycles. The molecule has 0 unspecified atom stereocenters. The lowest BCUT2D eigenvalue weighted by molar-refractivity contribution is 0.307. The Bertz CT molecular complexity index is 1290. The fourth-order valence-corrected chi connectivity index (χ4v) is 4.21. The largest absolute Gasteiger partial charge is 0.489 e. The predicted octanol–water partition coefficient (Wildman–Crippen LogP) is 6.02. The fourth-order valence-electron chi connectivity index (χ4n) is 4.21. The van der Waals surface area contributed by atoms with Gasteiger partial charge in [0.2, 0.25) is 0 Å². The highest BCUT2D eigenvalue weighted by atomic mass is 16.5. The molecule has 4 aromatic rings. The Hall–Kier alpha value is -3.33. The molecule has 0 saturated heterocycles. The van der Waals surface area contributed by atoms with E-state index in [1.807, 2.05) is 31.3 Å². The molecule has 0 amide bonds. The van der Waals surface area contributed by atoms with Crippen molar-refractivity contribution >= 4 is 10.8 Å². The van der Waals surface area contributed by atoms with E-state index in [9.17, 15) is 4.79 Å². The summed E-state index contributed by atoms with van der Waals surface area (Å²) in [6.45, 7) is 8.67. The fraction of sp³-hybridized carbons (Fsp3) is 0.222. The van der Waals surface area contributed by atoms with E-state index in [4.69, 9.17) is 4.74 Å². The molecular weight excluding hydrogens is 370 g/mol. The summed E-state index contributed by atoms with van der Waals surface area (Å²) in [5, 5.41) is 1.68. The molecule has 30 heavy (non-hydrogen) atoms. The number of pyridine rings is 1. The van der Waals surface area contributed by atoms with Gasteiger partial charge in [0.25, 0.3) is 5.56 Å². The van der Waals surface area contributed by atoms with Crippen molar-refractivity contribution < 1.29 is 4.74 Å². The standard InChI is InChI=1S/C27H27NO2/c1-17-10-11-23-24(15-17)25(16-30-21-13-18(2)12-19(3)14-21)26(28(5)27(23)29)22-9-7-6-8-20(22)4/h6-15H,16H2,1-5H3. The van der Waals surface area contributed by atoms with Crippen LogP contribution in [0.25, 0.3) is 22.0 Å². The Labute approximate surface area is 177 Å². The molecule has 0 atom stereocenters. The molecule has 0 bridgehead atoms. The number of benzene rings is 3. The summed E-state index contributed by atoms with van der Waals surface area (Å²) in [4.78, 5) is 13.2. The van der Waals surface area contributed by atoms with Crippen LogP contribution in [0, 0.1) is 27.7 Å². The van der Waals surface area contributed by atoms with E-state index in [-0.39, 0.29) is 5.56 Å². The summed E-state index contributed by atoms with van der Waals surface area (Å²) in [6, 6.07) is 20.4. The maximum Gasteiger partial charge on any atom is 0.258 e. The minimum absolute atomic E-state index is 0.0124. The van der Waals surface area contributed by atoms with Gasteiger partial charge in [-0.3, -0.25) is 4.79 Å². The average Bonchev–Trinajstić information content (AvgIpc) is 2.69. The molecule has 0 aliphatic heterocycles. The molecule has 0 spiro atoms. The number of nitrogens with zero attached hydrogens (tertiary/aromatic N) is 1. The van der Waals surface area contributed by atoms with Crippen LogP contribution in [-0.2, 0) is 13.7 Å². The van der Waals surface area contributed by atoms with Gasteiger partial charge in [-0.2, -0.15) is 0 Å². The Morgan fingerprint density at radius 3 is 2.20 bits per heavy atom. The van der Waals surface area contributed by atoms with Gasteiger partial charge in [-0.25, -0.2) is 0 Å². The zero-order valence-corrected chi connectivity index (χ0v) is 18.2. The van der Waals surface area contributed by atoms with Crippen LogP contribution in [0.3, 0.4) is 0 Å². The quantitative estimate of drug-likeness (QED) is 0.422. The Kier molecular flexibility index (Phi) is 5.21. The molecule has 1 aromatic heterocycles. The van der Waals surface area contributed by atoms with Crippen LogP contribution >= 0.6 is 0 Å². The van der Waals surface area contributed by atoms with Crippen molar-refractivity contribution in [2.24, 2.45) is 7.05 Å². The number of aryl methyl sites for hydroxylation is 4. The van der Waals surface area contributed by atoms with E-state index in [0.29, 0.717) is 6.61 Å². The molecule has 3 aromatic carbocycles. The third-order valence-corrected chi connectivity index (χ3v) is 5.64. The normalized spacial score (nSPS) is 11.1. The Balaban J connectivity index is 1.96. The number of aromatic nitrogens is 1. The molecule has 0 N–H and O–H groups in total. The summed E-state index contributed by atoms with van der Waals surface area (Å²) in [5.41, 5.74) is 7.62. The molecule has 3 heteroatoms. The molecule has 3 nitrogen and oxygen atoms in total. The number of rotatable bonds is 4. The van der Waals surface area contributed by atoms with Crippen LogP contribution in [0.1, 0.15) is 27.8 Å². The third-order valence-electron chi connectivity index (χ3n) is 5.64. The van der Waals surface area contributed by atoms with Crippen molar-refractivity contribution in [3.63, 3.8) is 0 Å². The van der Waals surface area contributed by atoms with E-state index >= 15 is 0 Å². The van der Waals surface area contributed by atoms with Crippen LogP contribution < -0.4 is 10.3 Å². The molecule has 0 radical (unpaired) electrons. The highest BCUT2D eigenvalue weighted by Crippen LogP contribution is 2.32. The molecule has 152 valence electrons. The first-order valence-electron chi connectivity index (χ1n) is 10.2. The maximum absolute atomic E-state index is 13.2. The van der Waals surface area contributed by atoms with E-state index in [2.05, 4.69) is 64.1 Å². The first kappa shape index (κ1) is 20.0. The summed E-state index contributed by atoms with van der Waals surface area (Å²) in [7, 11) is 1.85. The second-order valence-corrected chi connectivity index (χ2v) is 8.17. The van der Waals surface area contributed by atoms with Crippen LogP contribution in [0.2, 0.25) is 0 Å². The highest BCUT2D eigenvalue weighted by Gasteiger charge is 2.18. The summed E-state index contributed by atoms with van der Waals surface area (Å²) in [6.07, 6.45) is 0. The van der Waals surface area contributed by atoms with Gasteiger partial charge in [-0.15, -0.1) is 0 Å². The van der Waals surface area contributed by atoms with Crippen molar-refractivity contribution in [1.29, 1.82) is 0 Å². The average molecular weight is 398 g/mol. The van der Waals surface area contributed by atoms with Crippen LogP contribution in [0.15, 0.2) is 65.5 Å². The van der Waals surface area contributed by atoms with E-state index in [1.54, 1.807) is 4.57 Å². The third kappa shape index (κ3) is 3.63. The van der Waals surface area contributed by atoms with E-state index in [1.165, 1.54) is 11.1 Å². The zero-order valence-electron chi connectivity index (χ0n) is 18.2. The smallest absolute Gasteiger partial charge is 0.258 e. The molecule has 0 aliphatic rings. The minimum Gasteiger partial charge on any atom is -0.489 e. The van der Waals surface area contributed by atoms with Crippen molar-refractivity contribution in [2.45, 2.75) is 34.3 Å². The molecule has 4 rings (SSSR count). The monoisotopic (exact) mass is 397 g/mol. The molecule has 1 heterocycles. The summed E-state index contributed by atoms with van der Waals surface area (Å²) >= 11 is 0. The van der Waals surface area contributed by atoms with Crippen molar-refractivity contribution in [2.75, 3.05) is 0 Å². The second-order valence-electron chi connectivity index (χ2n) is 8.17. The Morgan fingerprint density at radius 2 is 1.50 bits per heavy atom. The van der Waals surface area contributed by atoms with Gasteiger partial charge >= 0.3 is 0 Å². The number of fused-ring (bicyclic) bond motifs is 1. The van der Waals surface area contributed by atoms with Gasteiger partial charge < -0.3 is 9.30 Å². The van der Waals surface area contributed by atoms with Crippen molar-refractivity contribution in [3.8, 4) is 17.0 Å². The summed E-state index contributed by atoms with van der Waals surface area (Å²) < 4.78 is 8.05. The maximum atomic E-state index is 13.2.